The Bertz CT molecular complexity index is 658. The molecule has 3 rings (SSSR count). The third kappa shape index (κ3) is 3.62. The standard InChI is InChI=1S/C21H35NO4Si/c1-20(2,3)26-19(24)22-15(12-25-27(7,8)21(4,5)6)16-13-9-10-14(11-13)17(16)18(22)23/h9-10,13-17H,11-12H2,1-8H3/t13-,14+,15-,16?,17?/m1/s1. The lowest BCUT2D eigenvalue weighted by atomic mass is 9.82. The molecule has 5 nitrogen and oxygen atoms in total. The summed E-state index contributed by atoms with van der Waals surface area (Å²) in [7, 11) is -1.98. The minimum atomic E-state index is -1.98. The maximum atomic E-state index is 13.2. The molecule has 1 aliphatic heterocycles. The predicted octanol–water partition coefficient (Wildman–Crippen LogP) is 4.59. The number of likely N-dealkylation sites (tertiary alicyclic amines) is 1. The summed E-state index contributed by atoms with van der Waals surface area (Å²) in [6, 6.07) is -0.230. The molecule has 0 aromatic heterocycles. The highest BCUT2D eigenvalue weighted by atomic mass is 28.4. The zero-order valence-corrected chi connectivity index (χ0v) is 19.0. The highest BCUT2D eigenvalue weighted by molar-refractivity contribution is 6.74. The van der Waals surface area contributed by atoms with Gasteiger partial charge in [-0.3, -0.25) is 4.79 Å². The molecule has 3 aliphatic rings. The van der Waals surface area contributed by atoms with Crippen LogP contribution in [0.2, 0.25) is 18.1 Å². The van der Waals surface area contributed by atoms with Crippen molar-refractivity contribution in [2.75, 3.05) is 6.61 Å². The first-order chi connectivity index (χ1) is 12.2. The number of hydrogen-bond acceptors (Lipinski definition) is 4. The van der Waals surface area contributed by atoms with Crippen LogP contribution in [0.1, 0.15) is 48.0 Å². The number of rotatable bonds is 3. The molecule has 1 saturated carbocycles. The van der Waals surface area contributed by atoms with Crippen LogP contribution in [0.3, 0.4) is 0 Å². The first kappa shape index (κ1) is 20.6. The van der Waals surface area contributed by atoms with Crippen LogP contribution in [0.15, 0.2) is 12.2 Å². The van der Waals surface area contributed by atoms with Crippen LogP contribution in [-0.4, -0.2) is 43.5 Å². The molecule has 2 aliphatic carbocycles. The van der Waals surface area contributed by atoms with Crippen molar-refractivity contribution in [1.29, 1.82) is 0 Å². The first-order valence-corrected chi connectivity index (χ1v) is 13.0. The Morgan fingerprint density at radius 2 is 1.74 bits per heavy atom. The van der Waals surface area contributed by atoms with Crippen molar-refractivity contribution in [1.82, 2.24) is 4.90 Å². The Morgan fingerprint density at radius 3 is 2.30 bits per heavy atom. The molecule has 2 bridgehead atoms. The average molecular weight is 394 g/mol. The van der Waals surface area contributed by atoms with Gasteiger partial charge in [-0.2, -0.15) is 0 Å². The van der Waals surface area contributed by atoms with E-state index in [1.54, 1.807) is 0 Å². The van der Waals surface area contributed by atoms with Gasteiger partial charge in [0.1, 0.15) is 5.60 Å². The number of imide groups is 1. The number of amides is 2. The predicted molar refractivity (Wildman–Crippen MR) is 108 cm³/mol. The molecule has 0 radical (unpaired) electrons. The van der Waals surface area contributed by atoms with E-state index in [0.717, 1.165) is 6.42 Å². The van der Waals surface area contributed by atoms with Crippen molar-refractivity contribution in [2.24, 2.45) is 23.7 Å². The van der Waals surface area contributed by atoms with E-state index in [1.807, 2.05) is 20.8 Å². The van der Waals surface area contributed by atoms with Crippen molar-refractivity contribution in [3.05, 3.63) is 12.2 Å². The fraction of sp³-hybridized carbons (Fsp3) is 0.810. The van der Waals surface area contributed by atoms with Crippen LogP contribution < -0.4 is 0 Å². The highest BCUT2D eigenvalue weighted by Crippen LogP contribution is 2.55. The highest BCUT2D eigenvalue weighted by Gasteiger charge is 2.61. The van der Waals surface area contributed by atoms with E-state index in [4.69, 9.17) is 9.16 Å². The number of allylic oxidation sites excluding steroid dienone is 2. The van der Waals surface area contributed by atoms with Crippen molar-refractivity contribution < 1.29 is 18.8 Å². The minimum Gasteiger partial charge on any atom is -0.443 e. The van der Waals surface area contributed by atoms with Crippen molar-refractivity contribution in [2.45, 2.75) is 77.7 Å². The van der Waals surface area contributed by atoms with Gasteiger partial charge in [0.25, 0.3) is 0 Å². The number of carbonyl (C=O) groups is 2. The van der Waals surface area contributed by atoms with E-state index in [-0.39, 0.29) is 34.7 Å². The van der Waals surface area contributed by atoms with Crippen LogP contribution in [0.5, 0.6) is 0 Å². The fourth-order valence-electron chi connectivity index (χ4n) is 4.46. The summed E-state index contributed by atoms with van der Waals surface area (Å²) in [5.74, 6) is 0.611. The largest absolute Gasteiger partial charge is 0.443 e. The minimum absolute atomic E-state index is 0.0741. The molecule has 5 atom stereocenters. The topological polar surface area (TPSA) is 55.8 Å². The molecule has 152 valence electrons. The van der Waals surface area contributed by atoms with Gasteiger partial charge >= 0.3 is 6.09 Å². The van der Waals surface area contributed by atoms with Gasteiger partial charge in [-0.25, -0.2) is 9.69 Å². The van der Waals surface area contributed by atoms with Crippen LogP contribution in [0, 0.1) is 23.7 Å². The maximum absolute atomic E-state index is 13.2. The van der Waals surface area contributed by atoms with E-state index in [1.165, 1.54) is 4.90 Å². The molecule has 2 unspecified atom stereocenters. The van der Waals surface area contributed by atoms with Gasteiger partial charge in [-0.15, -0.1) is 0 Å². The molecular formula is C21H35NO4Si. The van der Waals surface area contributed by atoms with Crippen molar-refractivity contribution in [3.8, 4) is 0 Å². The summed E-state index contributed by atoms with van der Waals surface area (Å²) in [6.07, 6.45) is 4.90. The third-order valence-corrected chi connectivity index (χ3v) is 11.3. The summed E-state index contributed by atoms with van der Waals surface area (Å²) >= 11 is 0. The SMILES string of the molecule is CC(C)(C)OC(=O)N1C(=O)C2C([C@@H]3C=C[C@H]2C3)[C@H]1CO[Si](C)(C)C(C)(C)C. The lowest BCUT2D eigenvalue weighted by Crippen LogP contribution is -2.49. The summed E-state index contributed by atoms with van der Waals surface area (Å²) in [6.45, 7) is 16.9. The Labute approximate surface area is 164 Å². The maximum Gasteiger partial charge on any atom is 0.417 e. The quantitative estimate of drug-likeness (QED) is 0.520. The molecule has 1 saturated heterocycles. The second-order valence-corrected chi connectivity index (χ2v) is 15.7. The fourth-order valence-corrected chi connectivity index (χ4v) is 5.48. The summed E-state index contributed by atoms with van der Waals surface area (Å²) in [5, 5.41) is 0.0837. The van der Waals surface area contributed by atoms with Crippen LogP contribution in [0.4, 0.5) is 4.79 Å². The molecule has 0 aromatic rings. The lowest BCUT2D eigenvalue weighted by Gasteiger charge is -2.39. The number of nitrogens with zero attached hydrogens (tertiary/aromatic N) is 1. The van der Waals surface area contributed by atoms with Gasteiger partial charge in [0.05, 0.1) is 18.6 Å². The zero-order chi connectivity index (χ0) is 20.4. The molecule has 2 fully saturated rings. The molecule has 0 spiro atoms. The van der Waals surface area contributed by atoms with Gasteiger partial charge < -0.3 is 9.16 Å². The van der Waals surface area contributed by atoms with Gasteiger partial charge in [0.15, 0.2) is 8.32 Å². The van der Waals surface area contributed by atoms with Crippen LogP contribution >= 0.6 is 0 Å². The first-order valence-electron chi connectivity index (χ1n) is 10.1. The van der Waals surface area contributed by atoms with E-state index in [0.29, 0.717) is 12.5 Å². The second-order valence-electron chi connectivity index (χ2n) is 10.9. The van der Waals surface area contributed by atoms with Crippen LogP contribution in [-0.2, 0) is 14.0 Å². The summed E-state index contributed by atoms with van der Waals surface area (Å²) in [5.41, 5.74) is -0.628. The van der Waals surface area contributed by atoms with E-state index >= 15 is 0 Å². The van der Waals surface area contributed by atoms with E-state index in [9.17, 15) is 9.59 Å². The summed E-state index contributed by atoms with van der Waals surface area (Å²) < 4.78 is 12.0. The van der Waals surface area contributed by atoms with Crippen molar-refractivity contribution in [3.63, 3.8) is 0 Å². The molecule has 0 N–H and O–H groups in total. The van der Waals surface area contributed by atoms with Crippen molar-refractivity contribution >= 4 is 20.3 Å². The lowest BCUT2D eigenvalue weighted by molar-refractivity contribution is -0.132. The smallest absolute Gasteiger partial charge is 0.417 e. The summed E-state index contributed by atoms with van der Waals surface area (Å²) in [4.78, 5) is 27.5. The molecule has 0 aromatic carbocycles. The number of carbonyl (C=O) groups excluding carboxylic acids is 2. The Kier molecular flexibility index (Phi) is 4.91. The molecule has 27 heavy (non-hydrogen) atoms. The number of ether oxygens (including phenoxy) is 1. The zero-order valence-electron chi connectivity index (χ0n) is 18.0. The normalized spacial score (nSPS) is 33.0. The van der Waals surface area contributed by atoms with Gasteiger partial charge in [0.2, 0.25) is 5.91 Å². The average Bonchev–Trinajstić information content (AvgIpc) is 3.14. The molecule has 2 amide bonds. The molecule has 6 heteroatoms. The Morgan fingerprint density at radius 1 is 1.15 bits per heavy atom. The molecular weight excluding hydrogens is 358 g/mol. The Balaban J connectivity index is 1.85. The van der Waals surface area contributed by atoms with Gasteiger partial charge in [-0.05, 0) is 57.2 Å². The number of hydrogen-bond donors (Lipinski definition) is 0. The van der Waals surface area contributed by atoms with E-state index < -0.39 is 20.0 Å². The van der Waals surface area contributed by atoms with Gasteiger partial charge in [-0.1, -0.05) is 32.9 Å². The Hall–Kier alpha value is -1.14. The monoisotopic (exact) mass is 393 g/mol. The number of fused-ring (bicyclic) bond motifs is 5. The van der Waals surface area contributed by atoms with Crippen LogP contribution in [0.25, 0.3) is 0 Å². The molecule has 1 heterocycles. The van der Waals surface area contributed by atoms with E-state index in [2.05, 4.69) is 46.0 Å². The second kappa shape index (κ2) is 6.44. The van der Waals surface area contributed by atoms with Gasteiger partial charge in [0, 0.05) is 5.92 Å². The third-order valence-electron chi connectivity index (χ3n) is 6.83.